The third-order valence-electron chi connectivity index (χ3n) is 4.17. The van der Waals surface area contributed by atoms with Crippen molar-refractivity contribution < 1.29 is 18.7 Å². The number of allylic oxidation sites excluding steroid dienone is 1. The summed E-state index contributed by atoms with van der Waals surface area (Å²) in [5.41, 5.74) is 1.30. The Bertz CT molecular complexity index is 911. The number of rotatable bonds is 5. The number of carbonyl (C=O) groups is 2. The van der Waals surface area contributed by atoms with Crippen molar-refractivity contribution in [1.82, 2.24) is 10.6 Å². The molecule has 1 aliphatic rings. The van der Waals surface area contributed by atoms with Gasteiger partial charge < -0.3 is 20.7 Å². The van der Waals surface area contributed by atoms with Crippen molar-refractivity contribution in [1.29, 1.82) is 0 Å². The van der Waals surface area contributed by atoms with Crippen molar-refractivity contribution in [3.05, 3.63) is 71.2 Å². The first kappa shape index (κ1) is 18.4. The van der Waals surface area contributed by atoms with Crippen LogP contribution in [-0.4, -0.2) is 18.5 Å². The number of ether oxygens (including phenoxy) is 1. The van der Waals surface area contributed by atoms with Gasteiger partial charge in [-0.2, -0.15) is 0 Å². The normalized spacial score (nSPS) is 16.4. The number of carbonyl (C=O) groups excluding carboxylic acids is 2. The lowest BCUT2D eigenvalue weighted by Gasteiger charge is -2.29. The summed E-state index contributed by atoms with van der Waals surface area (Å²) in [5.74, 6) is -0.431. The van der Waals surface area contributed by atoms with Crippen LogP contribution in [0.1, 0.15) is 25.5 Å². The molecule has 0 saturated carbocycles. The van der Waals surface area contributed by atoms with E-state index in [0.717, 1.165) is 0 Å². The van der Waals surface area contributed by atoms with Gasteiger partial charge >= 0.3 is 6.03 Å². The van der Waals surface area contributed by atoms with Gasteiger partial charge in [-0.3, -0.25) is 4.79 Å². The first-order valence-corrected chi connectivity index (χ1v) is 8.57. The van der Waals surface area contributed by atoms with E-state index in [9.17, 15) is 14.0 Å². The summed E-state index contributed by atoms with van der Waals surface area (Å²) in [6.07, 6.45) is 0. The maximum Gasteiger partial charge on any atom is 0.319 e. The second-order valence-electron chi connectivity index (χ2n) is 5.97. The molecule has 0 aromatic heterocycles. The molecule has 0 fully saturated rings. The summed E-state index contributed by atoms with van der Waals surface area (Å²) in [7, 11) is 0. The van der Waals surface area contributed by atoms with Crippen LogP contribution < -0.4 is 20.7 Å². The molecule has 1 unspecified atom stereocenters. The molecule has 3 rings (SSSR count). The van der Waals surface area contributed by atoms with E-state index >= 15 is 0 Å². The molecule has 0 bridgehead atoms. The minimum atomic E-state index is -0.904. The SMILES string of the molecule is CCOc1ccccc1NC(=O)C1=C(C)NC(=O)NC1c1ccccc1F. The number of nitrogens with one attached hydrogen (secondary N) is 3. The monoisotopic (exact) mass is 369 g/mol. The maximum absolute atomic E-state index is 14.3. The van der Waals surface area contributed by atoms with Crippen LogP contribution in [0, 0.1) is 5.82 Å². The fourth-order valence-electron chi connectivity index (χ4n) is 2.98. The Morgan fingerprint density at radius 2 is 1.89 bits per heavy atom. The van der Waals surface area contributed by atoms with E-state index in [-0.39, 0.29) is 11.1 Å². The highest BCUT2D eigenvalue weighted by molar-refractivity contribution is 6.07. The summed E-state index contributed by atoms with van der Waals surface area (Å²) < 4.78 is 19.8. The second kappa shape index (κ2) is 7.90. The van der Waals surface area contributed by atoms with Gasteiger partial charge in [-0.1, -0.05) is 30.3 Å². The Morgan fingerprint density at radius 1 is 1.19 bits per heavy atom. The zero-order chi connectivity index (χ0) is 19.4. The van der Waals surface area contributed by atoms with Gasteiger partial charge in [0.05, 0.1) is 23.9 Å². The minimum absolute atomic E-state index is 0.218. The van der Waals surface area contributed by atoms with Crippen molar-refractivity contribution in [2.45, 2.75) is 19.9 Å². The highest BCUT2D eigenvalue weighted by Gasteiger charge is 2.32. The van der Waals surface area contributed by atoms with Gasteiger partial charge in [-0.05, 0) is 32.0 Å². The highest BCUT2D eigenvalue weighted by atomic mass is 19.1. The molecule has 140 valence electrons. The van der Waals surface area contributed by atoms with Crippen molar-refractivity contribution in [2.24, 2.45) is 0 Å². The van der Waals surface area contributed by atoms with Gasteiger partial charge in [0.1, 0.15) is 11.6 Å². The fourth-order valence-corrected chi connectivity index (χ4v) is 2.98. The van der Waals surface area contributed by atoms with E-state index < -0.39 is 23.8 Å². The average molecular weight is 369 g/mol. The maximum atomic E-state index is 14.3. The molecule has 3 amide bonds. The van der Waals surface area contributed by atoms with Crippen molar-refractivity contribution in [3.8, 4) is 5.75 Å². The van der Waals surface area contributed by atoms with Crippen LogP contribution in [-0.2, 0) is 4.79 Å². The molecule has 1 atom stereocenters. The predicted octanol–water partition coefficient (Wildman–Crippen LogP) is 3.49. The molecule has 2 aromatic rings. The summed E-state index contributed by atoms with van der Waals surface area (Å²) in [6.45, 7) is 3.90. The van der Waals surface area contributed by atoms with Crippen LogP contribution in [0.15, 0.2) is 59.8 Å². The summed E-state index contributed by atoms with van der Waals surface area (Å²) >= 11 is 0. The Morgan fingerprint density at radius 3 is 2.63 bits per heavy atom. The van der Waals surface area contributed by atoms with Gasteiger partial charge in [0.25, 0.3) is 5.91 Å². The molecule has 0 radical (unpaired) electrons. The van der Waals surface area contributed by atoms with E-state index in [0.29, 0.717) is 23.7 Å². The Kier molecular flexibility index (Phi) is 5.40. The molecule has 7 heteroatoms. The molecule has 2 aromatic carbocycles. The largest absolute Gasteiger partial charge is 0.492 e. The third-order valence-corrected chi connectivity index (χ3v) is 4.17. The van der Waals surface area contributed by atoms with Crippen LogP contribution >= 0.6 is 0 Å². The van der Waals surface area contributed by atoms with Crippen molar-refractivity contribution in [2.75, 3.05) is 11.9 Å². The van der Waals surface area contributed by atoms with E-state index in [4.69, 9.17) is 4.74 Å². The van der Waals surface area contributed by atoms with Crippen molar-refractivity contribution in [3.63, 3.8) is 0 Å². The molecular formula is C20H20FN3O3. The molecule has 0 aliphatic carbocycles. The first-order valence-electron chi connectivity index (χ1n) is 8.57. The number of urea groups is 1. The lowest BCUT2D eigenvalue weighted by Crippen LogP contribution is -2.46. The summed E-state index contributed by atoms with van der Waals surface area (Å²) in [6, 6.07) is 11.7. The molecule has 1 heterocycles. The molecular weight excluding hydrogens is 349 g/mol. The van der Waals surface area contributed by atoms with Gasteiger partial charge in [-0.15, -0.1) is 0 Å². The number of anilines is 1. The average Bonchev–Trinajstić information content (AvgIpc) is 2.63. The summed E-state index contributed by atoms with van der Waals surface area (Å²) in [5, 5.41) is 7.98. The number of para-hydroxylation sites is 2. The van der Waals surface area contributed by atoms with Gasteiger partial charge in [0.15, 0.2) is 0 Å². The smallest absolute Gasteiger partial charge is 0.319 e. The molecule has 1 aliphatic heterocycles. The lowest BCUT2D eigenvalue weighted by atomic mass is 9.94. The Labute approximate surface area is 156 Å². The predicted molar refractivity (Wildman–Crippen MR) is 99.7 cm³/mol. The molecule has 0 spiro atoms. The second-order valence-corrected chi connectivity index (χ2v) is 5.97. The van der Waals surface area contributed by atoms with E-state index in [2.05, 4.69) is 16.0 Å². The topological polar surface area (TPSA) is 79.5 Å². The number of benzene rings is 2. The van der Waals surface area contributed by atoms with Crippen LogP contribution in [0.4, 0.5) is 14.9 Å². The molecule has 0 saturated heterocycles. The summed E-state index contributed by atoms with van der Waals surface area (Å²) in [4.78, 5) is 24.9. The van der Waals surface area contributed by atoms with E-state index in [1.807, 2.05) is 6.92 Å². The minimum Gasteiger partial charge on any atom is -0.492 e. The van der Waals surface area contributed by atoms with Crippen molar-refractivity contribution >= 4 is 17.6 Å². The van der Waals surface area contributed by atoms with Gasteiger partial charge in [-0.25, -0.2) is 9.18 Å². The Balaban J connectivity index is 1.97. The van der Waals surface area contributed by atoms with E-state index in [1.165, 1.54) is 6.07 Å². The standard InChI is InChI=1S/C20H20FN3O3/c1-3-27-16-11-7-6-10-15(16)23-19(25)17-12(2)22-20(26)24-18(17)13-8-4-5-9-14(13)21/h4-11,18H,3H2,1-2H3,(H,23,25)(H2,22,24,26). The highest BCUT2D eigenvalue weighted by Crippen LogP contribution is 2.31. The zero-order valence-electron chi connectivity index (χ0n) is 15.0. The van der Waals surface area contributed by atoms with Gasteiger partial charge in [0, 0.05) is 11.3 Å². The fraction of sp³-hybridized carbons (Fsp3) is 0.200. The lowest BCUT2D eigenvalue weighted by molar-refractivity contribution is -0.113. The number of amides is 3. The molecule has 3 N–H and O–H groups in total. The number of halogens is 1. The van der Waals surface area contributed by atoms with E-state index in [1.54, 1.807) is 49.4 Å². The first-order chi connectivity index (χ1) is 13.0. The number of hydrogen-bond donors (Lipinski definition) is 3. The van der Waals surface area contributed by atoms with Crippen LogP contribution in [0.3, 0.4) is 0 Å². The van der Waals surface area contributed by atoms with Crippen LogP contribution in [0.2, 0.25) is 0 Å². The van der Waals surface area contributed by atoms with Gasteiger partial charge in [0.2, 0.25) is 0 Å². The number of hydrogen-bond acceptors (Lipinski definition) is 3. The molecule has 27 heavy (non-hydrogen) atoms. The van der Waals surface area contributed by atoms with Crippen LogP contribution in [0.5, 0.6) is 5.75 Å². The third kappa shape index (κ3) is 3.92. The Hall–Kier alpha value is -3.35. The quantitative estimate of drug-likeness (QED) is 0.755. The zero-order valence-corrected chi connectivity index (χ0v) is 15.0. The molecule has 6 nitrogen and oxygen atoms in total. The van der Waals surface area contributed by atoms with Crippen LogP contribution in [0.25, 0.3) is 0 Å².